The lowest BCUT2D eigenvalue weighted by Gasteiger charge is -2.21. The number of hydrogen-bond acceptors (Lipinski definition) is 2. The zero-order valence-corrected chi connectivity index (χ0v) is 32.4. The Bertz CT molecular complexity index is 3500. The SMILES string of the molecule is [C-]#[N+]c1ccccc1-c1ccc2c(c1)c1ccccc1n2-c1cc(-c2c([N+]#[C-])cccc2C(F)(F)F)cc(-n2c3ccccc3c3cc(-c4ccccc4C#N)ccc32)c1C#N. The smallest absolute Gasteiger partial charge is 0.308 e. The number of nitriles is 2. The van der Waals surface area contributed by atoms with Gasteiger partial charge < -0.3 is 9.13 Å². The van der Waals surface area contributed by atoms with Gasteiger partial charge in [-0.05, 0) is 88.0 Å². The Morgan fingerprint density at radius 2 is 0.968 bits per heavy atom. The second-order valence-corrected chi connectivity index (χ2v) is 14.8. The molecule has 2 heterocycles. The highest BCUT2D eigenvalue weighted by Gasteiger charge is 2.35. The molecule has 0 saturated heterocycles. The molecule has 8 aromatic carbocycles. The highest BCUT2D eigenvalue weighted by molar-refractivity contribution is 6.13. The van der Waals surface area contributed by atoms with Crippen LogP contribution in [0, 0.1) is 35.8 Å². The summed E-state index contributed by atoms with van der Waals surface area (Å²) < 4.78 is 48.9. The summed E-state index contributed by atoms with van der Waals surface area (Å²) in [5, 5.41) is 24.6. The third-order valence-electron chi connectivity index (χ3n) is 11.5. The van der Waals surface area contributed by atoms with Gasteiger partial charge in [0, 0.05) is 21.5 Å². The van der Waals surface area contributed by atoms with Gasteiger partial charge in [-0.2, -0.15) is 23.7 Å². The third kappa shape index (κ3) is 5.77. The van der Waals surface area contributed by atoms with Crippen molar-refractivity contribution < 1.29 is 13.2 Å². The molecule has 0 fully saturated rings. The highest BCUT2D eigenvalue weighted by Crippen LogP contribution is 2.47. The van der Waals surface area contributed by atoms with E-state index in [1.165, 1.54) is 12.1 Å². The first kappa shape index (κ1) is 37.4. The van der Waals surface area contributed by atoms with Gasteiger partial charge in [-0.15, -0.1) is 0 Å². The van der Waals surface area contributed by atoms with Crippen LogP contribution >= 0.6 is 0 Å². The van der Waals surface area contributed by atoms with Crippen LogP contribution in [0.2, 0.25) is 0 Å². The summed E-state index contributed by atoms with van der Waals surface area (Å²) in [6, 6.07) is 53.0. The Kier molecular flexibility index (Phi) is 8.70. The molecule has 2 aromatic heterocycles. The van der Waals surface area contributed by atoms with E-state index in [1.54, 1.807) is 24.3 Å². The zero-order valence-electron chi connectivity index (χ0n) is 32.4. The van der Waals surface area contributed by atoms with Crippen molar-refractivity contribution in [2.24, 2.45) is 0 Å². The Morgan fingerprint density at radius 3 is 1.53 bits per heavy atom. The van der Waals surface area contributed by atoms with Gasteiger partial charge in [-0.3, -0.25) is 0 Å². The molecule has 0 spiro atoms. The van der Waals surface area contributed by atoms with Crippen molar-refractivity contribution in [2.45, 2.75) is 6.18 Å². The molecule has 0 atom stereocenters. The normalized spacial score (nSPS) is 11.4. The Labute approximate surface area is 353 Å². The van der Waals surface area contributed by atoms with E-state index in [2.05, 4.69) is 21.8 Å². The zero-order chi connectivity index (χ0) is 42.7. The minimum Gasteiger partial charge on any atom is -0.308 e. The third-order valence-corrected chi connectivity index (χ3v) is 11.5. The molecular weight excluding hydrogens is 778 g/mol. The fourth-order valence-corrected chi connectivity index (χ4v) is 8.84. The van der Waals surface area contributed by atoms with Gasteiger partial charge in [-0.1, -0.05) is 109 Å². The Hall–Kier alpha value is -8.89. The summed E-state index contributed by atoms with van der Waals surface area (Å²) in [6.07, 6.45) is -4.81. The van der Waals surface area contributed by atoms with Gasteiger partial charge in [-0.25, -0.2) is 9.69 Å². The molecule has 0 radical (unpaired) electrons. The lowest BCUT2D eigenvalue weighted by Crippen LogP contribution is -2.09. The van der Waals surface area contributed by atoms with E-state index in [0.29, 0.717) is 44.7 Å². The van der Waals surface area contributed by atoms with E-state index in [4.69, 9.17) is 13.1 Å². The molecule has 0 N–H and O–H groups in total. The summed E-state index contributed by atoms with van der Waals surface area (Å²) >= 11 is 0. The minimum absolute atomic E-state index is 0.104. The maximum atomic E-state index is 15.0. The van der Waals surface area contributed by atoms with Gasteiger partial charge in [0.05, 0.1) is 63.8 Å². The molecule has 9 heteroatoms. The molecule has 0 unspecified atom stereocenters. The molecule has 290 valence electrons. The first-order chi connectivity index (χ1) is 30.2. The minimum atomic E-state index is -4.81. The van der Waals surface area contributed by atoms with Crippen LogP contribution in [0.1, 0.15) is 16.7 Å². The fraction of sp³-hybridized carbons (Fsp3) is 0.0189. The molecule has 10 aromatic rings. The quantitative estimate of drug-likeness (QED) is 0.163. The number of rotatable bonds is 5. The lowest BCUT2D eigenvalue weighted by molar-refractivity contribution is -0.137. The van der Waals surface area contributed by atoms with Crippen molar-refractivity contribution >= 4 is 55.0 Å². The molecule has 6 nitrogen and oxygen atoms in total. The fourth-order valence-electron chi connectivity index (χ4n) is 8.84. The second kappa shape index (κ2) is 14.4. The molecule has 0 saturated carbocycles. The average Bonchev–Trinajstić information content (AvgIpc) is 3.82. The molecule has 10 rings (SSSR count). The number of benzene rings is 8. The summed E-state index contributed by atoms with van der Waals surface area (Å²) in [6.45, 7) is 15.8. The second-order valence-electron chi connectivity index (χ2n) is 14.8. The molecule has 0 aliphatic heterocycles. The number of nitrogens with zero attached hydrogens (tertiary/aromatic N) is 6. The van der Waals surface area contributed by atoms with Crippen LogP contribution in [0.4, 0.5) is 24.5 Å². The Morgan fingerprint density at radius 1 is 0.468 bits per heavy atom. The molecule has 62 heavy (non-hydrogen) atoms. The van der Waals surface area contributed by atoms with Crippen LogP contribution in [0.15, 0.2) is 164 Å². The maximum absolute atomic E-state index is 15.0. The van der Waals surface area contributed by atoms with Gasteiger partial charge in [0.2, 0.25) is 0 Å². The average molecular weight is 805 g/mol. The summed E-state index contributed by atoms with van der Waals surface area (Å²) in [5.74, 6) is 0. The van der Waals surface area contributed by atoms with Crippen molar-refractivity contribution in [3.63, 3.8) is 0 Å². The predicted octanol–water partition coefficient (Wildman–Crippen LogP) is 14.7. The van der Waals surface area contributed by atoms with E-state index in [1.807, 2.05) is 130 Å². The predicted molar refractivity (Wildman–Crippen MR) is 238 cm³/mol. The van der Waals surface area contributed by atoms with E-state index in [-0.39, 0.29) is 22.4 Å². The molecule has 0 amide bonds. The molecule has 0 aliphatic rings. The van der Waals surface area contributed by atoms with Gasteiger partial charge >= 0.3 is 6.18 Å². The number of para-hydroxylation sites is 3. The number of alkyl halides is 3. The van der Waals surface area contributed by atoms with Crippen LogP contribution < -0.4 is 0 Å². The van der Waals surface area contributed by atoms with E-state index >= 15 is 13.2 Å². The Balaban J connectivity index is 1.34. The van der Waals surface area contributed by atoms with E-state index < -0.39 is 11.7 Å². The number of aromatic nitrogens is 2. The lowest BCUT2D eigenvalue weighted by atomic mass is 9.94. The van der Waals surface area contributed by atoms with Crippen molar-refractivity contribution in [2.75, 3.05) is 0 Å². The molecule has 0 aliphatic carbocycles. The highest BCUT2D eigenvalue weighted by atomic mass is 19.4. The van der Waals surface area contributed by atoms with Crippen LogP contribution in [0.3, 0.4) is 0 Å². The number of hydrogen-bond donors (Lipinski definition) is 0. The first-order valence-corrected chi connectivity index (χ1v) is 19.4. The van der Waals surface area contributed by atoms with Gasteiger partial charge in [0.15, 0.2) is 11.4 Å². The van der Waals surface area contributed by atoms with Crippen LogP contribution in [0.5, 0.6) is 0 Å². The van der Waals surface area contributed by atoms with Crippen LogP contribution in [0.25, 0.3) is 98.1 Å². The van der Waals surface area contributed by atoms with Crippen molar-refractivity contribution in [1.29, 1.82) is 10.5 Å². The summed E-state index contributed by atoms with van der Waals surface area (Å²) in [7, 11) is 0. The molecular formula is C53H27F3N6. The standard InChI is InChI=1S/C53H27F3N6/c1-59-44-18-8-5-14-37(44)33-23-25-49-41(27-33)39-16-7-10-21-47(39)62(49)51-29-35(52-43(53(54,55)56)17-11-19-45(52)60-2)28-50(42(51)31-58)61-46-20-9-6-15-38(46)40-26-32(22-24-48(40)61)36-13-4-3-12-34(36)30-57/h3-29H. The number of halogens is 3. The van der Waals surface area contributed by atoms with Crippen molar-refractivity contribution in [3.05, 3.63) is 203 Å². The summed E-state index contributed by atoms with van der Waals surface area (Å²) in [4.78, 5) is 7.32. The maximum Gasteiger partial charge on any atom is 0.415 e. The van der Waals surface area contributed by atoms with Crippen molar-refractivity contribution in [3.8, 4) is 56.9 Å². The van der Waals surface area contributed by atoms with E-state index in [9.17, 15) is 10.5 Å². The van der Waals surface area contributed by atoms with Crippen LogP contribution in [-0.2, 0) is 6.18 Å². The van der Waals surface area contributed by atoms with Crippen molar-refractivity contribution in [1.82, 2.24) is 9.13 Å². The van der Waals surface area contributed by atoms with E-state index in [0.717, 1.165) is 49.9 Å². The first-order valence-electron chi connectivity index (χ1n) is 19.4. The van der Waals surface area contributed by atoms with Gasteiger partial charge in [0.25, 0.3) is 0 Å². The topological polar surface area (TPSA) is 66.2 Å². The van der Waals surface area contributed by atoms with Crippen LogP contribution in [-0.4, -0.2) is 9.13 Å². The monoisotopic (exact) mass is 804 g/mol. The largest absolute Gasteiger partial charge is 0.415 e. The van der Waals surface area contributed by atoms with Gasteiger partial charge in [0.1, 0.15) is 11.6 Å². The summed E-state index contributed by atoms with van der Waals surface area (Å²) in [5.41, 5.74) is 6.37. The number of fused-ring (bicyclic) bond motifs is 6. The molecule has 0 bridgehead atoms.